The van der Waals surface area contributed by atoms with Gasteiger partial charge in [0.25, 0.3) is 0 Å². The highest BCUT2D eigenvalue weighted by molar-refractivity contribution is 7.13. The van der Waals surface area contributed by atoms with Gasteiger partial charge in [-0.1, -0.05) is 24.3 Å². The van der Waals surface area contributed by atoms with Crippen LogP contribution in [0.4, 0.5) is 0 Å². The van der Waals surface area contributed by atoms with Crippen LogP contribution in [0.15, 0.2) is 53.9 Å². The van der Waals surface area contributed by atoms with Gasteiger partial charge >= 0.3 is 0 Å². The van der Waals surface area contributed by atoms with E-state index in [1.807, 2.05) is 41.8 Å². The second-order valence-electron chi connectivity index (χ2n) is 5.19. The number of halogens is 1. The zero-order valence-electron chi connectivity index (χ0n) is 13.0. The van der Waals surface area contributed by atoms with Gasteiger partial charge in [0, 0.05) is 30.0 Å². The van der Waals surface area contributed by atoms with E-state index in [1.54, 1.807) is 23.5 Å². The van der Waals surface area contributed by atoms with E-state index >= 15 is 0 Å². The topological polar surface area (TPSA) is 62.2 Å². The Morgan fingerprint density at radius 2 is 1.71 bits per heavy atom. The quantitative estimate of drug-likeness (QED) is 0.731. The first-order valence-corrected chi connectivity index (χ1v) is 8.08. The number of aromatic hydroxyl groups is 1. The van der Waals surface area contributed by atoms with Gasteiger partial charge in [-0.05, 0) is 29.8 Å². The fraction of sp³-hybridized carbons (Fsp3) is 0.111. The molecule has 1 amide bonds. The first-order chi connectivity index (χ1) is 11.1. The molecule has 0 aliphatic heterocycles. The van der Waals surface area contributed by atoms with Gasteiger partial charge in [0.1, 0.15) is 10.8 Å². The second kappa shape index (κ2) is 7.95. The molecule has 24 heavy (non-hydrogen) atoms. The second-order valence-corrected chi connectivity index (χ2v) is 6.05. The smallest absolute Gasteiger partial charge is 0.217 e. The number of rotatable bonds is 4. The van der Waals surface area contributed by atoms with E-state index in [0.717, 1.165) is 27.4 Å². The predicted octanol–water partition coefficient (Wildman–Crippen LogP) is 4.24. The van der Waals surface area contributed by atoms with Gasteiger partial charge in [-0.25, -0.2) is 4.98 Å². The third kappa shape index (κ3) is 4.34. The van der Waals surface area contributed by atoms with Crippen molar-refractivity contribution in [3.05, 3.63) is 59.5 Å². The number of carbonyl (C=O) groups excluding carboxylic acids is 1. The summed E-state index contributed by atoms with van der Waals surface area (Å²) in [4.78, 5) is 15.6. The van der Waals surface area contributed by atoms with Crippen LogP contribution in [0.2, 0.25) is 0 Å². The van der Waals surface area contributed by atoms with Gasteiger partial charge in [0.05, 0.1) is 5.69 Å². The monoisotopic (exact) mass is 360 g/mol. The number of nitrogens with zero attached hydrogens (tertiary/aromatic N) is 1. The van der Waals surface area contributed by atoms with Crippen molar-refractivity contribution in [2.24, 2.45) is 0 Å². The van der Waals surface area contributed by atoms with E-state index in [-0.39, 0.29) is 24.1 Å². The molecular weight excluding hydrogens is 344 g/mol. The van der Waals surface area contributed by atoms with Gasteiger partial charge in [0.2, 0.25) is 5.91 Å². The molecule has 0 aliphatic carbocycles. The zero-order chi connectivity index (χ0) is 16.2. The molecule has 6 heteroatoms. The number of hydrogen-bond donors (Lipinski definition) is 2. The average Bonchev–Trinajstić information content (AvgIpc) is 3.04. The number of benzene rings is 2. The van der Waals surface area contributed by atoms with E-state index in [2.05, 4.69) is 10.3 Å². The number of phenols is 1. The molecular formula is C18H17ClN2O2S. The maximum absolute atomic E-state index is 10.9. The van der Waals surface area contributed by atoms with Gasteiger partial charge < -0.3 is 10.4 Å². The number of carbonyl (C=O) groups is 1. The maximum Gasteiger partial charge on any atom is 0.217 e. The lowest BCUT2D eigenvalue weighted by Crippen LogP contribution is -2.18. The Morgan fingerprint density at radius 3 is 2.33 bits per heavy atom. The molecule has 0 aliphatic rings. The third-order valence-electron chi connectivity index (χ3n) is 3.41. The standard InChI is InChI=1S/C18H16N2O2S.ClH/c1-12(21)19-10-13-2-4-14(5-3-13)17-11-23-18(20-17)15-6-8-16(22)9-7-15;/h2-9,11,22H,10H2,1H3,(H,19,21);1H. The minimum Gasteiger partial charge on any atom is -0.508 e. The fourth-order valence-electron chi connectivity index (χ4n) is 2.16. The van der Waals surface area contributed by atoms with Crippen molar-refractivity contribution in [1.82, 2.24) is 10.3 Å². The highest BCUT2D eigenvalue weighted by Crippen LogP contribution is 2.29. The SMILES string of the molecule is CC(=O)NCc1ccc(-c2csc(-c3ccc(O)cc3)n2)cc1.Cl. The lowest BCUT2D eigenvalue weighted by Gasteiger charge is -2.03. The highest BCUT2D eigenvalue weighted by Gasteiger charge is 2.07. The summed E-state index contributed by atoms with van der Waals surface area (Å²) < 4.78 is 0. The molecule has 0 bridgehead atoms. The van der Waals surface area contributed by atoms with Crippen molar-refractivity contribution in [1.29, 1.82) is 0 Å². The van der Waals surface area contributed by atoms with Crippen molar-refractivity contribution < 1.29 is 9.90 Å². The molecule has 2 N–H and O–H groups in total. The predicted molar refractivity (Wildman–Crippen MR) is 99.4 cm³/mol. The maximum atomic E-state index is 10.9. The average molecular weight is 361 g/mol. The number of aromatic nitrogens is 1. The Hall–Kier alpha value is -2.37. The van der Waals surface area contributed by atoms with Crippen molar-refractivity contribution in [2.45, 2.75) is 13.5 Å². The normalized spacial score (nSPS) is 10.0. The van der Waals surface area contributed by atoms with Crippen LogP contribution in [-0.4, -0.2) is 16.0 Å². The molecule has 0 radical (unpaired) electrons. The molecule has 0 fully saturated rings. The highest BCUT2D eigenvalue weighted by atomic mass is 35.5. The third-order valence-corrected chi connectivity index (χ3v) is 4.30. The number of amides is 1. The minimum atomic E-state index is -0.0351. The number of thiazole rings is 1. The van der Waals surface area contributed by atoms with Crippen LogP contribution >= 0.6 is 23.7 Å². The summed E-state index contributed by atoms with van der Waals surface area (Å²) in [5, 5.41) is 15.1. The van der Waals surface area contributed by atoms with Crippen LogP contribution in [-0.2, 0) is 11.3 Å². The van der Waals surface area contributed by atoms with E-state index in [0.29, 0.717) is 6.54 Å². The van der Waals surface area contributed by atoms with E-state index in [1.165, 1.54) is 6.92 Å². The van der Waals surface area contributed by atoms with Crippen LogP contribution in [0.3, 0.4) is 0 Å². The first kappa shape index (κ1) is 18.0. The summed E-state index contributed by atoms with van der Waals surface area (Å²) >= 11 is 1.57. The Balaban J connectivity index is 0.00000208. The summed E-state index contributed by atoms with van der Waals surface area (Å²) in [5.41, 5.74) is 4.00. The van der Waals surface area contributed by atoms with Crippen LogP contribution in [0.25, 0.3) is 21.8 Å². The molecule has 1 heterocycles. The molecule has 0 atom stereocenters. The molecule has 0 spiro atoms. The first-order valence-electron chi connectivity index (χ1n) is 7.20. The summed E-state index contributed by atoms with van der Waals surface area (Å²) in [6, 6.07) is 15.0. The molecule has 1 aromatic heterocycles. The summed E-state index contributed by atoms with van der Waals surface area (Å²) in [6.07, 6.45) is 0. The van der Waals surface area contributed by atoms with E-state index < -0.39 is 0 Å². The number of phenolic OH excluding ortho intramolecular Hbond substituents is 1. The molecule has 0 saturated heterocycles. The van der Waals surface area contributed by atoms with Crippen molar-refractivity contribution in [3.8, 4) is 27.6 Å². The van der Waals surface area contributed by atoms with Crippen LogP contribution in [0.1, 0.15) is 12.5 Å². The molecule has 124 valence electrons. The molecule has 4 nitrogen and oxygen atoms in total. The Kier molecular flexibility index (Phi) is 5.95. The van der Waals surface area contributed by atoms with Crippen LogP contribution in [0, 0.1) is 0 Å². The van der Waals surface area contributed by atoms with Gasteiger partial charge in [-0.15, -0.1) is 23.7 Å². The van der Waals surface area contributed by atoms with Gasteiger partial charge in [-0.2, -0.15) is 0 Å². The lowest BCUT2D eigenvalue weighted by molar-refractivity contribution is -0.119. The molecule has 3 aromatic rings. The van der Waals surface area contributed by atoms with Crippen molar-refractivity contribution in [2.75, 3.05) is 0 Å². The fourth-order valence-corrected chi connectivity index (χ4v) is 3.00. The molecule has 2 aromatic carbocycles. The van der Waals surface area contributed by atoms with E-state index in [9.17, 15) is 9.90 Å². The Bertz CT molecular complexity index is 814. The zero-order valence-corrected chi connectivity index (χ0v) is 14.7. The lowest BCUT2D eigenvalue weighted by atomic mass is 10.1. The van der Waals surface area contributed by atoms with Gasteiger partial charge in [-0.3, -0.25) is 4.79 Å². The number of nitrogens with one attached hydrogen (secondary N) is 1. The summed E-state index contributed by atoms with van der Waals surface area (Å²) in [7, 11) is 0. The Labute approximate surface area is 150 Å². The van der Waals surface area contributed by atoms with E-state index in [4.69, 9.17) is 0 Å². The summed E-state index contributed by atoms with van der Waals surface area (Å²) in [5.74, 6) is 0.215. The van der Waals surface area contributed by atoms with Crippen molar-refractivity contribution in [3.63, 3.8) is 0 Å². The Morgan fingerprint density at radius 1 is 1.08 bits per heavy atom. The molecule has 3 rings (SSSR count). The number of hydrogen-bond acceptors (Lipinski definition) is 4. The van der Waals surface area contributed by atoms with Crippen LogP contribution < -0.4 is 5.32 Å². The minimum absolute atomic E-state index is 0. The largest absolute Gasteiger partial charge is 0.508 e. The van der Waals surface area contributed by atoms with Crippen LogP contribution in [0.5, 0.6) is 5.75 Å². The van der Waals surface area contributed by atoms with Gasteiger partial charge in [0.15, 0.2) is 0 Å². The van der Waals surface area contributed by atoms with Crippen molar-refractivity contribution >= 4 is 29.7 Å². The molecule has 0 saturated carbocycles. The summed E-state index contributed by atoms with van der Waals surface area (Å²) in [6.45, 7) is 2.04. The molecule has 0 unspecified atom stereocenters.